The van der Waals surface area contributed by atoms with Crippen LogP contribution >= 0.6 is 0 Å². The average molecular weight is 352 g/mol. The van der Waals surface area contributed by atoms with E-state index in [9.17, 15) is 0 Å². The van der Waals surface area contributed by atoms with Crippen LogP contribution in [0.15, 0.2) is 0 Å². The van der Waals surface area contributed by atoms with Crippen LogP contribution in [0.5, 0.6) is 0 Å². The fraction of sp³-hybridized carbons (Fsp3) is 1.00. The van der Waals surface area contributed by atoms with Gasteiger partial charge in [-0.05, 0) is 77.0 Å². The highest BCUT2D eigenvalue weighted by Crippen LogP contribution is 2.42. The van der Waals surface area contributed by atoms with E-state index in [0.29, 0.717) is 11.0 Å². The summed E-state index contributed by atoms with van der Waals surface area (Å²) in [5.41, 5.74) is 0.769. The molecule has 2 aliphatic rings. The van der Waals surface area contributed by atoms with Crippen molar-refractivity contribution in [3.05, 3.63) is 0 Å². The van der Waals surface area contributed by atoms with Crippen LogP contribution in [0.3, 0.4) is 0 Å². The molecule has 2 heterocycles. The van der Waals surface area contributed by atoms with Gasteiger partial charge >= 0.3 is 0 Å². The molecule has 0 N–H and O–H groups in total. The fourth-order valence-corrected chi connectivity index (χ4v) is 5.36. The number of nitrogens with zero attached hydrogens (tertiary/aromatic N) is 3. The van der Waals surface area contributed by atoms with Crippen molar-refractivity contribution in [3.8, 4) is 0 Å². The molecular weight excluding hydrogens is 306 g/mol. The molecule has 0 aromatic rings. The van der Waals surface area contributed by atoms with E-state index in [-0.39, 0.29) is 0 Å². The maximum Gasteiger partial charge on any atom is 0.0159 e. The smallest absolute Gasteiger partial charge is 0.0159 e. The molecule has 0 saturated carbocycles. The van der Waals surface area contributed by atoms with Crippen molar-refractivity contribution >= 4 is 0 Å². The molecule has 0 spiro atoms. The van der Waals surface area contributed by atoms with Crippen LogP contribution in [0, 0.1) is 11.3 Å². The summed E-state index contributed by atoms with van der Waals surface area (Å²) in [6.07, 6.45) is 6.78. The molecule has 0 atom stereocenters. The van der Waals surface area contributed by atoms with Gasteiger partial charge in [-0.3, -0.25) is 4.90 Å². The second-order valence-corrected chi connectivity index (χ2v) is 9.87. The van der Waals surface area contributed by atoms with E-state index >= 15 is 0 Å². The Balaban J connectivity index is 1.85. The summed E-state index contributed by atoms with van der Waals surface area (Å²) in [6.45, 7) is 24.8. The van der Waals surface area contributed by atoms with Crippen LogP contribution in [0.4, 0.5) is 0 Å². The largest absolute Gasteiger partial charge is 0.304 e. The van der Waals surface area contributed by atoms with Gasteiger partial charge in [0.1, 0.15) is 0 Å². The van der Waals surface area contributed by atoms with Crippen molar-refractivity contribution in [1.29, 1.82) is 0 Å². The molecule has 0 aromatic heterocycles. The highest BCUT2D eigenvalue weighted by molar-refractivity contribution is 4.93. The predicted molar refractivity (Wildman–Crippen MR) is 110 cm³/mol. The van der Waals surface area contributed by atoms with Crippen molar-refractivity contribution in [3.63, 3.8) is 0 Å². The van der Waals surface area contributed by atoms with Crippen molar-refractivity contribution in [2.45, 2.75) is 79.2 Å². The molecule has 0 aliphatic carbocycles. The van der Waals surface area contributed by atoms with Gasteiger partial charge in [-0.2, -0.15) is 0 Å². The van der Waals surface area contributed by atoms with E-state index in [1.807, 2.05) is 0 Å². The number of likely N-dealkylation sites (tertiary alicyclic amines) is 1. The molecule has 0 aromatic carbocycles. The van der Waals surface area contributed by atoms with Gasteiger partial charge in [0, 0.05) is 31.7 Å². The number of rotatable bonds is 8. The average Bonchev–Trinajstić information content (AvgIpc) is 2.59. The lowest BCUT2D eigenvalue weighted by atomic mass is 9.67. The molecule has 3 nitrogen and oxygen atoms in total. The van der Waals surface area contributed by atoms with Gasteiger partial charge in [-0.1, -0.05) is 34.1 Å². The Bertz CT molecular complexity index is 375. The first-order valence-corrected chi connectivity index (χ1v) is 11.0. The third-order valence-electron chi connectivity index (χ3n) is 7.08. The fourth-order valence-electron chi connectivity index (χ4n) is 5.36. The summed E-state index contributed by atoms with van der Waals surface area (Å²) in [7, 11) is 0. The van der Waals surface area contributed by atoms with Crippen LogP contribution in [-0.4, -0.2) is 72.6 Å². The first-order chi connectivity index (χ1) is 11.8. The molecule has 0 unspecified atom stereocenters. The van der Waals surface area contributed by atoms with Crippen molar-refractivity contribution in [2.75, 3.05) is 52.4 Å². The molecule has 2 aliphatic heterocycles. The van der Waals surface area contributed by atoms with Gasteiger partial charge in [0.25, 0.3) is 0 Å². The van der Waals surface area contributed by atoms with Crippen molar-refractivity contribution in [1.82, 2.24) is 14.7 Å². The van der Waals surface area contributed by atoms with Crippen LogP contribution in [0.25, 0.3) is 0 Å². The minimum atomic E-state index is 0.322. The maximum absolute atomic E-state index is 2.78. The van der Waals surface area contributed by atoms with E-state index in [1.54, 1.807) is 0 Å². The summed E-state index contributed by atoms with van der Waals surface area (Å²) in [6, 6.07) is 0. The van der Waals surface area contributed by atoms with Gasteiger partial charge in [-0.25, -0.2) is 0 Å². The maximum atomic E-state index is 2.78. The Labute approximate surface area is 158 Å². The minimum absolute atomic E-state index is 0.322. The van der Waals surface area contributed by atoms with Crippen molar-refractivity contribution in [2.24, 2.45) is 11.3 Å². The Hall–Kier alpha value is -0.120. The summed E-state index contributed by atoms with van der Waals surface area (Å²) in [5, 5.41) is 0. The van der Waals surface area contributed by atoms with Gasteiger partial charge in [-0.15, -0.1) is 0 Å². The lowest BCUT2D eigenvalue weighted by Crippen LogP contribution is -2.56. The van der Waals surface area contributed by atoms with Crippen molar-refractivity contribution < 1.29 is 0 Å². The Morgan fingerprint density at radius 2 is 1.40 bits per heavy atom. The zero-order chi connectivity index (χ0) is 18.5. The van der Waals surface area contributed by atoms with E-state index < -0.39 is 0 Å². The molecule has 148 valence electrons. The topological polar surface area (TPSA) is 9.72 Å². The Kier molecular flexibility index (Phi) is 7.79. The molecule has 0 bridgehead atoms. The molecule has 0 amide bonds. The van der Waals surface area contributed by atoms with Crippen LogP contribution in [0.1, 0.15) is 73.6 Å². The van der Waals surface area contributed by atoms with E-state index in [1.165, 1.54) is 84.5 Å². The molecule has 3 heteroatoms. The zero-order valence-electron chi connectivity index (χ0n) is 18.1. The van der Waals surface area contributed by atoms with Gasteiger partial charge in [0.15, 0.2) is 0 Å². The zero-order valence-corrected chi connectivity index (χ0v) is 18.1. The lowest BCUT2D eigenvalue weighted by molar-refractivity contribution is 0.000363. The number of hydrogen-bond donors (Lipinski definition) is 0. The molecule has 2 fully saturated rings. The third-order valence-corrected chi connectivity index (χ3v) is 7.08. The monoisotopic (exact) mass is 351 g/mol. The molecular formula is C22H45N3. The predicted octanol–water partition coefficient (Wildman–Crippen LogP) is 4.33. The first-order valence-electron chi connectivity index (χ1n) is 11.0. The summed E-state index contributed by atoms with van der Waals surface area (Å²) in [5.74, 6) is 0.889. The van der Waals surface area contributed by atoms with Crippen LogP contribution in [-0.2, 0) is 0 Å². The van der Waals surface area contributed by atoms with Gasteiger partial charge in [0.2, 0.25) is 0 Å². The normalized spacial score (nSPS) is 23.3. The summed E-state index contributed by atoms with van der Waals surface area (Å²) in [4.78, 5) is 8.06. The highest BCUT2D eigenvalue weighted by Gasteiger charge is 2.39. The quantitative estimate of drug-likeness (QED) is 0.644. The summed E-state index contributed by atoms with van der Waals surface area (Å²) >= 11 is 0. The van der Waals surface area contributed by atoms with E-state index in [2.05, 4.69) is 56.2 Å². The van der Waals surface area contributed by atoms with Crippen LogP contribution in [0.2, 0.25) is 0 Å². The minimum Gasteiger partial charge on any atom is -0.304 e. The lowest BCUT2D eigenvalue weighted by Gasteiger charge is -2.50. The number of piperazine rings is 1. The molecule has 2 rings (SSSR count). The van der Waals surface area contributed by atoms with E-state index in [0.717, 1.165) is 5.92 Å². The Morgan fingerprint density at radius 3 is 1.92 bits per heavy atom. The first kappa shape index (κ1) is 21.2. The Morgan fingerprint density at radius 1 is 0.800 bits per heavy atom. The molecule has 0 radical (unpaired) electrons. The third kappa shape index (κ3) is 5.94. The van der Waals surface area contributed by atoms with Crippen LogP contribution < -0.4 is 0 Å². The summed E-state index contributed by atoms with van der Waals surface area (Å²) < 4.78 is 0. The standard InChI is InChI=1S/C22H45N3/c1-7-9-12-24-15-17-25(18-16-24)22(5,6)19-21(3,4)20-10-13-23(8-2)14-11-20/h20H,7-19H2,1-6H3. The number of unbranched alkanes of at least 4 members (excludes halogenated alkanes) is 1. The SMILES string of the molecule is CCCCN1CCN(C(C)(C)CC(C)(C)C2CCN(CC)CC2)CC1. The van der Waals surface area contributed by atoms with Gasteiger partial charge in [0.05, 0.1) is 0 Å². The second-order valence-electron chi connectivity index (χ2n) is 9.87. The number of piperidine rings is 1. The number of hydrogen-bond acceptors (Lipinski definition) is 3. The van der Waals surface area contributed by atoms with Gasteiger partial charge < -0.3 is 9.80 Å². The highest BCUT2D eigenvalue weighted by atomic mass is 15.3. The molecule has 2 saturated heterocycles. The second kappa shape index (κ2) is 9.19. The molecule has 25 heavy (non-hydrogen) atoms. The van der Waals surface area contributed by atoms with E-state index in [4.69, 9.17) is 0 Å².